The Morgan fingerprint density at radius 2 is 2.33 bits per heavy atom. The van der Waals surface area contributed by atoms with E-state index in [1.165, 1.54) is 5.57 Å². The molecule has 0 aromatic carbocycles. The van der Waals surface area contributed by atoms with Crippen LogP contribution in [0.1, 0.15) is 26.7 Å². The lowest BCUT2D eigenvalue weighted by molar-refractivity contribution is -0.135. The van der Waals surface area contributed by atoms with Crippen molar-refractivity contribution < 1.29 is 9.53 Å². The van der Waals surface area contributed by atoms with Gasteiger partial charge < -0.3 is 9.64 Å². The van der Waals surface area contributed by atoms with Gasteiger partial charge in [0.25, 0.3) is 0 Å². The summed E-state index contributed by atoms with van der Waals surface area (Å²) in [4.78, 5) is 13.7. The Morgan fingerprint density at radius 1 is 1.60 bits per heavy atom. The normalized spacial score (nSPS) is 35.4. The van der Waals surface area contributed by atoms with Gasteiger partial charge in [0.15, 0.2) is 0 Å². The number of rotatable bonds is 2. The standard InChI is InChI=1S/C12H19NO2/c1-4-15-12-10-7-8(2)5-6-9(10)11(14)13(12)3/h5,9-10,12H,4,6-7H2,1-3H3/t9-,10+,12-/m1/s1. The molecule has 2 aliphatic rings. The second-order valence-corrected chi connectivity index (χ2v) is 4.56. The van der Waals surface area contributed by atoms with Crippen molar-refractivity contribution in [3.63, 3.8) is 0 Å². The number of allylic oxidation sites excluding steroid dienone is 2. The highest BCUT2D eigenvalue weighted by Gasteiger charge is 2.47. The highest BCUT2D eigenvalue weighted by atomic mass is 16.5. The summed E-state index contributed by atoms with van der Waals surface area (Å²) < 4.78 is 5.68. The van der Waals surface area contributed by atoms with Crippen molar-refractivity contribution in [2.75, 3.05) is 13.7 Å². The molecule has 0 unspecified atom stereocenters. The fourth-order valence-electron chi connectivity index (χ4n) is 2.76. The lowest BCUT2D eigenvalue weighted by atomic mass is 9.81. The van der Waals surface area contributed by atoms with Crippen LogP contribution in [0.25, 0.3) is 0 Å². The third-order valence-corrected chi connectivity index (χ3v) is 3.54. The molecule has 0 aromatic rings. The Morgan fingerprint density at radius 3 is 3.00 bits per heavy atom. The summed E-state index contributed by atoms with van der Waals surface area (Å²) in [6, 6.07) is 0. The van der Waals surface area contributed by atoms with Crippen LogP contribution in [0.2, 0.25) is 0 Å². The minimum absolute atomic E-state index is 0.00356. The van der Waals surface area contributed by atoms with Crippen molar-refractivity contribution in [1.29, 1.82) is 0 Å². The Labute approximate surface area is 91.1 Å². The molecule has 1 saturated heterocycles. The van der Waals surface area contributed by atoms with Crippen LogP contribution in [-0.2, 0) is 9.53 Å². The number of amides is 1. The zero-order valence-corrected chi connectivity index (χ0v) is 9.69. The van der Waals surface area contributed by atoms with Gasteiger partial charge in [0, 0.05) is 25.5 Å². The van der Waals surface area contributed by atoms with Crippen molar-refractivity contribution in [3.05, 3.63) is 11.6 Å². The van der Waals surface area contributed by atoms with Gasteiger partial charge >= 0.3 is 0 Å². The summed E-state index contributed by atoms with van der Waals surface area (Å²) in [5.41, 5.74) is 1.39. The zero-order valence-electron chi connectivity index (χ0n) is 9.69. The van der Waals surface area contributed by atoms with E-state index in [4.69, 9.17) is 4.74 Å². The number of fused-ring (bicyclic) bond motifs is 1. The molecule has 15 heavy (non-hydrogen) atoms. The quantitative estimate of drug-likeness (QED) is 0.649. The molecule has 2 rings (SSSR count). The molecule has 1 fully saturated rings. The van der Waals surface area contributed by atoms with E-state index in [0.29, 0.717) is 12.5 Å². The number of nitrogens with zero attached hydrogens (tertiary/aromatic N) is 1. The van der Waals surface area contributed by atoms with Gasteiger partial charge in [0.1, 0.15) is 6.23 Å². The molecule has 0 spiro atoms. The van der Waals surface area contributed by atoms with Gasteiger partial charge in [-0.15, -0.1) is 0 Å². The molecule has 3 atom stereocenters. The molecule has 84 valence electrons. The molecule has 0 bridgehead atoms. The first-order chi connectivity index (χ1) is 7.15. The smallest absolute Gasteiger partial charge is 0.228 e. The molecule has 1 heterocycles. The predicted molar refractivity (Wildman–Crippen MR) is 58.2 cm³/mol. The van der Waals surface area contributed by atoms with Crippen LogP contribution in [-0.4, -0.2) is 30.7 Å². The topological polar surface area (TPSA) is 29.5 Å². The molecule has 0 radical (unpaired) electrons. The van der Waals surface area contributed by atoms with Crippen LogP contribution in [0.15, 0.2) is 11.6 Å². The summed E-state index contributed by atoms with van der Waals surface area (Å²) in [5, 5.41) is 0. The Bertz CT molecular complexity index is 298. The second-order valence-electron chi connectivity index (χ2n) is 4.56. The van der Waals surface area contributed by atoms with E-state index in [0.717, 1.165) is 12.8 Å². The average molecular weight is 209 g/mol. The molecular formula is C12H19NO2. The van der Waals surface area contributed by atoms with Crippen molar-refractivity contribution in [2.24, 2.45) is 11.8 Å². The van der Waals surface area contributed by atoms with Crippen LogP contribution in [0.5, 0.6) is 0 Å². The van der Waals surface area contributed by atoms with Gasteiger partial charge in [0.05, 0.1) is 0 Å². The minimum Gasteiger partial charge on any atom is -0.358 e. The largest absolute Gasteiger partial charge is 0.358 e. The Kier molecular flexibility index (Phi) is 2.83. The van der Waals surface area contributed by atoms with E-state index >= 15 is 0 Å². The first-order valence-electron chi connectivity index (χ1n) is 5.69. The SMILES string of the molecule is CCO[C@@H]1[C@H]2CC(C)=CC[C@H]2C(=O)N1C. The number of hydrogen-bond donors (Lipinski definition) is 0. The number of carbonyl (C=O) groups is 1. The van der Waals surface area contributed by atoms with Crippen molar-refractivity contribution >= 4 is 5.91 Å². The van der Waals surface area contributed by atoms with E-state index in [2.05, 4.69) is 13.0 Å². The van der Waals surface area contributed by atoms with Gasteiger partial charge in [-0.25, -0.2) is 0 Å². The average Bonchev–Trinajstić information content (AvgIpc) is 2.44. The van der Waals surface area contributed by atoms with Gasteiger partial charge in [-0.1, -0.05) is 11.6 Å². The number of ether oxygens (including phenoxy) is 1. The fourth-order valence-corrected chi connectivity index (χ4v) is 2.76. The van der Waals surface area contributed by atoms with Gasteiger partial charge in [0.2, 0.25) is 5.91 Å². The lowest BCUT2D eigenvalue weighted by Gasteiger charge is -2.27. The maximum absolute atomic E-state index is 11.9. The highest BCUT2D eigenvalue weighted by molar-refractivity contribution is 5.82. The molecule has 3 heteroatoms. The minimum atomic E-state index is -0.00356. The Balaban J connectivity index is 2.20. The summed E-state index contributed by atoms with van der Waals surface area (Å²) in [7, 11) is 1.86. The van der Waals surface area contributed by atoms with Crippen molar-refractivity contribution in [1.82, 2.24) is 4.90 Å². The second kappa shape index (κ2) is 3.97. The molecule has 1 amide bonds. The number of likely N-dealkylation sites (tertiary alicyclic amines) is 1. The van der Waals surface area contributed by atoms with E-state index < -0.39 is 0 Å². The summed E-state index contributed by atoms with van der Waals surface area (Å²) in [6.07, 6.45) is 4.09. The first kappa shape index (κ1) is 10.7. The summed E-state index contributed by atoms with van der Waals surface area (Å²) in [6.45, 7) is 4.80. The molecule has 0 N–H and O–H groups in total. The van der Waals surface area contributed by atoms with E-state index in [9.17, 15) is 4.79 Å². The molecule has 3 nitrogen and oxygen atoms in total. The zero-order chi connectivity index (χ0) is 11.0. The molecular weight excluding hydrogens is 190 g/mol. The van der Waals surface area contributed by atoms with Gasteiger partial charge in [-0.2, -0.15) is 0 Å². The van der Waals surface area contributed by atoms with E-state index in [-0.39, 0.29) is 18.1 Å². The van der Waals surface area contributed by atoms with E-state index in [1.807, 2.05) is 14.0 Å². The molecule has 1 aliphatic carbocycles. The summed E-state index contributed by atoms with van der Waals surface area (Å²) >= 11 is 0. The number of carbonyl (C=O) groups excluding carboxylic acids is 1. The molecule has 0 aromatic heterocycles. The molecule has 0 saturated carbocycles. The first-order valence-corrected chi connectivity index (χ1v) is 5.69. The summed E-state index contributed by atoms with van der Waals surface area (Å²) in [5.74, 6) is 0.782. The molecule has 1 aliphatic heterocycles. The van der Waals surface area contributed by atoms with Crippen LogP contribution >= 0.6 is 0 Å². The maximum atomic E-state index is 11.9. The third kappa shape index (κ3) is 1.69. The van der Waals surface area contributed by atoms with Crippen molar-refractivity contribution in [2.45, 2.75) is 32.9 Å². The van der Waals surface area contributed by atoms with Gasteiger partial charge in [-0.05, 0) is 26.7 Å². The Hall–Kier alpha value is -0.830. The van der Waals surface area contributed by atoms with Crippen molar-refractivity contribution in [3.8, 4) is 0 Å². The number of hydrogen-bond acceptors (Lipinski definition) is 2. The highest BCUT2D eigenvalue weighted by Crippen LogP contribution is 2.40. The lowest BCUT2D eigenvalue weighted by Crippen LogP contribution is -2.34. The van der Waals surface area contributed by atoms with E-state index in [1.54, 1.807) is 4.90 Å². The third-order valence-electron chi connectivity index (χ3n) is 3.54. The fraction of sp³-hybridized carbons (Fsp3) is 0.750. The van der Waals surface area contributed by atoms with Crippen LogP contribution < -0.4 is 0 Å². The monoisotopic (exact) mass is 209 g/mol. The van der Waals surface area contributed by atoms with Crippen LogP contribution in [0.3, 0.4) is 0 Å². The predicted octanol–water partition coefficient (Wildman–Crippen LogP) is 1.79. The van der Waals surface area contributed by atoms with Crippen LogP contribution in [0.4, 0.5) is 0 Å². The van der Waals surface area contributed by atoms with Crippen LogP contribution in [0, 0.1) is 11.8 Å². The maximum Gasteiger partial charge on any atom is 0.228 e. The van der Waals surface area contributed by atoms with Gasteiger partial charge in [-0.3, -0.25) is 4.79 Å².